The van der Waals surface area contributed by atoms with Gasteiger partial charge in [0.2, 0.25) is 0 Å². The van der Waals surface area contributed by atoms with Crippen molar-refractivity contribution in [3.05, 3.63) is 74.5 Å². The summed E-state index contributed by atoms with van der Waals surface area (Å²) < 4.78 is 31.0. The SMILES string of the molecule is N#CCSc1nc2c(sc(=S)n2-c2ccccc2F)c(=O)n1-c1ccc(F)cc1. The number of hydrogen-bond acceptors (Lipinski definition) is 6. The van der Waals surface area contributed by atoms with E-state index in [0.29, 0.717) is 5.69 Å². The number of fused-ring (bicyclic) bond motifs is 1. The lowest BCUT2D eigenvalue weighted by Gasteiger charge is -2.12. The van der Waals surface area contributed by atoms with Gasteiger partial charge in [-0.15, -0.1) is 0 Å². The fraction of sp³-hybridized carbons (Fsp3) is 0.0526. The van der Waals surface area contributed by atoms with Crippen molar-refractivity contribution in [3.63, 3.8) is 0 Å². The first kappa shape index (κ1) is 19.4. The Kier molecular flexibility index (Phi) is 5.27. The molecule has 4 aromatic rings. The summed E-state index contributed by atoms with van der Waals surface area (Å²) in [6.07, 6.45) is 0. The molecular weight excluding hydrogens is 434 g/mol. The molecule has 144 valence electrons. The van der Waals surface area contributed by atoms with E-state index in [1.807, 2.05) is 6.07 Å². The van der Waals surface area contributed by atoms with Crippen LogP contribution in [0.4, 0.5) is 8.78 Å². The molecule has 0 amide bonds. The molecule has 0 fully saturated rings. The number of aromatic nitrogens is 3. The van der Waals surface area contributed by atoms with E-state index in [-0.39, 0.29) is 30.9 Å². The van der Waals surface area contributed by atoms with Crippen LogP contribution in [0.2, 0.25) is 0 Å². The summed E-state index contributed by atoms with van der Waals surface area (Å²) in [5.41, 5.74) is 0.386. The number of thiazole rings is 1. The van der Waals surface area contributed by atoms with Crippen LogP contribution in [-0.4, -0.2) is 19.9 Å². The maximum absolute atomic E-state index is 14.4. The molecule has 2 aromatic carbocycles. The third kappa shape index (κ3) is 3.48. The number of halogens is 2. The van der Waals surface area contributed by atoms with Gasteiger partial charge in [-0.3, -0.25) is 13.9 Å². The molecule has 0 aliphatic carbocycles. The molecule has 0 bridgehead atoms. The first-order chi connectivity index (χ1) is 14.0. The van der Waals surface area contributed by atoms with E-state index in [2.05, 4.69) is 4.98 Å². The molecule has 2 heterocycles. The molecular formula is C19H10F2N4OS3. The van der Waals surface area contributed by atoms with Crippen molar-refractivity contribution in [2.75, 3.05) is 5.75 Å². The molecule has 0 aliphatic heterocycles. The quantitative estimate of drug-likeness (QED) is 0.256. The van der Waals surface area contributed by atoms with E-state index in [1.165, 1.54) is 39.5 Å². The highest BCUT2D eigenvalue weighted by atomic mass is 32.2. The fourth-order valence-corrected chi connectivity index (χ4v) is 4.75. The maximum Gasteiger partial charge on any atom is 0.278 e. The Balaban J connectivity index is 2.06. The second-order valence-corrected chi connectivity index (χ2v) is 8.35. The summed E-state index contributed by atoms with van der Waals surface area (Å²) >= 11 is 7.45. The molecule has 0 N–H and O–H groups in total. The lowest BCUT2D eigenvalue weighted by Crippen LogP contribution is -2.21. The molecule has 29 heavy (non-hydrogen) atoms. The molecule has 0 spiro atoms. The average molecular weight is 445 g/mol. The molecule has 0 aliphatic rings. The summed E-state index contributed by atoms with van der Waals surface area (Å²) in [5, 5.41) is 9.21. The highest BCUT2D eigenvalue weighted by molar-refractivity contribution is 7.99. The molecule has 5 nitrogen and oxygen atoms in total. The molecule has 4 rings (SSSR count). The highest BCUT2D eigenvalue weighted by Gasteiger charge is 2.20. The molecule has 10 heteroatoms. The van der Waals surface area contributed by atoms with Crippen molar-refractivity contribution in [2.24, 2.45) is 0 Å². The number of nitriles is 1. The molecule has 0 radical (unpaired) electrons. The number of para-hydroxylation sites is 1. The van der Waals surface area contributed by atoms with Crippen molar-refractivity contribution >= 4 is 45.7 Å². The van der Waals surface area contributed by atoms with Crippen LogP contribution in [0.1, 0.15) is 0 Å². The van der Waals surface area contributed by atoms with Gasteiger partial charge >= 0.3 is 0 Å². The smallest absolute Gasteiger partial charge is 0.272 e. The lowest BCUT2D eigenvalue weighted by atomic mass is 10.3. The van der Waals surface area contributed by atoms with Gasteiger partial charge in [-0.25, -0.2) is 13.8 Å². The van der Waals surface area contributed by atoms with E-state index < -0.39 is 17.2 Å². The van der Waals surface area contributed by atoms with E-state index in [1.54, 1.807) is 18.2 Å². The van der Waals surface area contributed by atoms with Gasteiger partial charge in [0.15, 0.2) is 14.8 Å². The molecule has 0 atom stereocenters. The van der Waals surface area contributed by atoms with Crippen LogP contribution >= 0.6 is 35.3 Å². The Morgan fingerprint density at radius 3 is 2.55 bits per heavy atom. The molecule has 0 unspecified atom stereocenters. The second kappa shape index (κ2) is 7.87. The van der Waals surface area contributed by atoms with Gasteiger partial charge in [-0.1, -0.05) is 35.2 Å². The summed E-state index contributed by atoms with van der Waals surface area (Å²) in [6.45, 7) is 0. The van der Waals surface area contributed by atoms with Crippen molar-refractivity contribution in [2.45, 2.75) is 5.16 Å². The summed E-state index contributed by atoms with van der Waals surface area (Å²) in [6, 6.07) is 13.4. The first-order valence-electron chi connectivity index (χ1n) is 8.20. The second-order valence-electron chi connectivity index (χ2n) is 5.77. The van der Waals surface area contributed by atoms with Crippen LogP contribution < -0.4 is 5.56 Å². The standard InChI is InChI=1S/C19H10F2N4OS3/c20-11-5-7-12(8-6-11)24-17(26)15-16(23-18(24)28-10-9-22)25(19(27)29-15)14-4-2-1-3-13(14)21/h1-8H,10H2. The highest BCUT2D eigenvalue weighted by Crippen LogP contribution is 2.28. The van der Waals surface area contributed by atoms with Gasteiger partial charge in [-0.2, -0.15) is 5.26 Å². The van der Waals surface area contributed by atoms with Crippen molar-refractivity contribution in [1.29, 1.82) is 5.26 Å². The van der Waals surface area contributed by atoms with Gasteiger partial charge < -0.3 is 0 Å². The number of thioether (sulfide) groups is 1. The van der Waals surface area contributed by atoms with Crippen molar-refractivity contribution in [1.82, 2.24) is 14.1 Å². The summed E-state index contributed by atoms with van der Waals surface area (Å²) in [7, 11) is 0. The van der Waals surface area contributed by atoms with Gasteiger partial charge in [0, 0.05) is 0 Å². The van der Waals surface area contributed by atoms with Gasteiger partial charge in [0.05, 0.1) is 23.2 Å². The number of hydrogen-bond donors (Lipinski definition) is 0. The van der Waals surface area contributed by atoms with Crippen LogP contribution in [0.5, 0.6) is 0 Å². The van der Waals surface area contributed by atoms with Gasteiger partial charge in [-0.05, 0) is 48.6 Å². The maximum atomic E-state index is 14.4. The van der Waals surface area contributed by atoms with Crippen LogP contribution in [0, 0.1) is 26.9 Å². The minimum Gasteiger partial charge on any atom is -0.272 e. The van der Waals surface area contributed by atoms with E-state index in [4.69, 9.17) is 17.5 Å². The van der Waals surface area contributed by atoms with E-state index in [0.717, 1.165) is 23.1 Å². The zero-order valence-electron chi connectivity index (χ0n) is 14.5. The fourth-order valence-electron chi connectivity index (χ4n) is 2.79. The van der Waals surface area contributed by atoms with Crippen molar-refractivity contribution < 1.29 is 8.78 Å². The topological polar surface area (TPSA) is 63.6 Å². The Morgan fingerprint density at radius 2 is 1.86 bits per heavy atom. The predicted octanol–water partition coefficient (Wildman–Crippen LogP) is 4.86. The van der Waals surface area contributed by atoms with E-state index in [9.17, 15) is 13.6 Å². The number of rotatable bonds is 4. The summed E-state index contributed by atoms with van der Waals surface area (Å²) in [4.78, 5) is 17.8. The molecule has 0 saturated carbocycles. The molecule has 0 saturated heterocycles. The van der Waals surface area contributed by atoms with Crippen LogP contribution in [0.25, 0.3) is 21.7 Å². The monoisotopic (exact) mass is 444 g/mol. The number of nitrogens with zero attached hydrogens (tertiary/aromatic N) is 4. The predicted molar refractivity (Wildman–Crippen MR) is 112 cm³/mol. The third-order valence-electron chi connectivity index (χ3n) is 4.02. The first-order valence-corrected chi connectivity index (χ1v) is 10.4. The Labute approximate surface area is 176 Å². The van der Waals surface area contributed by atoms with Gasteiger partial charge in [0.1, 0.15) is 16.3 Å². The largest absolute Gasteiger partial charge is 0.278 e. The van der Waals surface area contributed by atoms with Crippen LogP contribution in [-0.2, 0) is 0 Å². The third-order valence-corrected chi connectivity index (χ3v) is 6.18. The van der Waals surface area contributed by atoms with Crippen molar-refractivity contribution in [3.8, 4) is 17.4 Å². The zero-order valence-corrected chi connectivity index (χ0v) is 17.0. The Bertz CT molecular complexity index is 1380. The molecule has 2 aromatic heterocycles. The average Bonchev–Trinajstić information content (AvgIpc) is 3.04. The van der Waals surface area contributed by atoms with Crippen LogP contribution in [0.15, 0.2) is 58.5 Å². The van der Waals surface area contributed by atoms with E-state index >= 15 is 0 Å². The normalized spacial score (nSPS) is 10.9. The Hall–Kier alpha value is -2.87. The lowest BCUT2D eigenvalue weighted by molar-refractivity contribution is 0.619. The summed E-state index contributed by atoms with van der Waals surface area (Å²) in [5.74, 6) is -0.897. The van der Waals surface area contributed by atoms with Gasteiger partial charge in [0.25, 0.3) is 5.56 Å². The minimum atomic E-state index is -0.501. The Morgan fingerprint density at radius 1 is 1.14 bits per heavy atom. The number of benzene rings is 2. The minimum absolute atomic E-state index is 0.0453. The van der Waals surface area contributed by atoms with Crippen LogP contribution in [0.3, 0.4) is 0 Å². The zero-order chi connectivity index (χ0) is 20.5.